The predicted octanol–water partition coefficient (Wildman–Crippen LogP) is 1.51. The summed E-state index contributed by atoms with van der Waals surface area (Å²) in [5.41, 5.74) is 0.375. The van der Waals surface area contributed by atoms with Crippen molar-refractivity contribution in [2.24, 2.45) is 5.41 Å². The molecule has 1 saturated heterocycles. The number of methoxy groups -OCH3 is 2. The molecule has 128 valence electrons. The van der Waals surface area contributed by atoms with Gasteiger partial charge in [-0.2, -0.15) is 0 Å². The monoisotopic (exact) mass is 324 g/mol. The minimum absolute atomic E-state index is 0.0230. The Bertz CT molecular complexity index is 525. The second-order valence-electron chi connectivity index (χ2n) is 5.94. The maximum absolute atomic E-state index is 13.7. The van der Waals surface area contributed by atoms with Gasteiger partial charge in [0.2, 0.25) is 5.91 Å². The summed E-state index contributed by atoms with van der Waals surface area (Å²) >= 11 is 0. The van der Waals surface area contributed by atoms with E-state index in [1.807, 2.05) is 6.07 Å². The molecular weight excluding hydrogens is 299 g/mol. The van der Waals surface area contributed by atoms with Crippen LogP contribution in [0.25, 0.3) is 0 Å². The van der Waals surface area contributed by atoms with Crippen LogP contribution in [0.2, 0.25) is 0 Å². The molecule has 0 aromatic heterocycles. The summed E-state index contributed by atoms with van der Waals surface area (Å²) in [6, 6.07) is 4.86. The van der Waals surface area contributed by atoms with Gasteiger partial charge in [0.05, 0.1) is 19.1 Å². The standard InChI is InChI=1S/C17H25FN2O3/c1-22-12-17(6-9-19-10-7-17)16(21)20-8-5-13-3-4-15(23-2)14(18)11-13/h3-4,11,19H,5-10,12H2,1-2H3,(H,20,21). The summed E-state index contributed by atoms with van der Waals surface area (Å²) in [5.74, 6) is -0.132. The van der Waals surface area contributed by atoms with Crippen LogP contribution in [0.3, 0.4) is 0 Å². The van der Waals surface area contributed by atoms with E-state index in [4.69, 9.17) is 9.47 Å². The number of benzene rings is 1. The first-order valence-corrected chi connectivity index (χ1v) is 7.92. The number of carbonyl (C=O) groups is 1. The molecule has 0 aliphatic carbocycles. The van der Waals surface area contributed by atoms with Crippen LogP contribution in [0, 0.1) is 11.2 Å². The Morgan fingerprint density at radius 2 is 2.09 bits per heavy atom. The predicted molar refractivity (Wildman–Crippen MR) is 86.1 cm³/mol. The number of amides is 1. The number of halogens is 1. The van der Waals surface area contributed by atoms with Crippen molar-refractivity contribution in [2.45, 2.75) is 19.3 Å². The van der Waals surface area contributed by atoms with E-state index in [9.17, 15) is 9.18 Å². The maximum atomic E-state index is 13.7. The van der Waals surface area contributed by atoms with Crippen molar-refractivity contribution in [1.82, 2.24) is 10.6 Å². The highest BCUT2D eigenvalue weighted by atomic mass is 19.1. The number of rotatable bonds is 7. The number of nitrogens with one attached hydrogen (secondary N) is 2. The third kappa shape index (κ3) is 4.42. The molecule has 0 radical (unpaired) electrons. The normalized spacial score (nSPS) is 16.8. The fraction of sp³-hybridized carbons (Fsp3) is 0.588. The number of piperidine rings is 1. The van der Waals surface area contributed by atoms with Crippen LogP contribution in [0.5, 0.6) is 5.75 Å². The molecule has 0 saturated carbocycles. The van der Waals surface area contributed by atoms with E-state index in [-0.39, 0.29) is 17.5 Å². The molecule has 1 aliphatic rings. The first kappa shape index (κ1) is 17.7. The fourth-order valence-electron chi connectivity index (χ4n) is 2.99. The van der Waals surface area contributed by atoms with Gasteiger partial charge in [-0.05, 0) is 50.0 Å². The van der Waals surface area contributed by atoms with Crippen LogP contribution in [-0.2, 0) is 16.0 Å². The Hall–Kier alpha value is -1.66. The van der Waals surface area contributed by atoms with E-state index in [0.717, 1.165) is 31.5 Å². The van der Waals surface area contributed by atoms with Crippen molar-refractivity contribution in [3.05, 3.63) is 29.6 Å². The molecule has 23 heavy (non-hydrogen) atoms. The van der Waals surface area contributed by atoms with Crippen LogP contribution < -0.4 is 15.4 Å². The van der Waals surface area contributed by atoms with Crippen LogP contribution in [0.4, 0.5) is 4.39 Å². The van der Waals surface area contributed by atoms with E-state index < -0.39 is 5.41 Å². The molecule has 1 heterocycles. The summed E-state index contributed by atoms with van der Waals surface area (Å²) in [6.07, 6.45) is 2.11. The smallest absolute Gasteiger partial charge is 0.228 e. The van der Waals surface area contributed by atoms with Crippen LogP contribution in [0.15, 0.2) is 18.2 Å². The number of carbonyl (C=O) groups excluding carboxylic acids is 1. The third-order valence-electron chi connectivity index (χ3n) is 4.38. The van der Waals surface area contributed by atoms with Gasteiger partial charge in [-0.25, -0.2) is 4.39 Å². The van der Waals surface area contributed by atoms with Crippen molar-refractivity contribution in [1.29, 1.82) is 0 Å². The molecule has 0 unspecified atom stereocenters. The minimum Gasteiger partial charge on any atom is -0.494 e. The number of hydrogen-bond donors (Lipinski definition) is 2. The molecule has 0 bridgehead atoms. The molecule has 6 heteroatoms. The summed E-state index contributed by atoms with van der Waals surface area (Å²) in [7, 11) is 3.06. The van der Waals surface area contributed by atoms with E-state index >= 15 is 0 Å². The number of ether oxygens (including phenoxy) is 2. The molecule has 5 nitrogen and oxygen atoms in total. The molecule has 1 aliphatic heterocycles. The average molecular weight is 324 g/mol. The molecule has 2 N–H and O–H groups in total. The first-order chi connectivity index (χ1) is 11.1. The fourth-order valence-corrected chi connectivity index (χ4v) is 2.99. The van der Waals surface area contributed by atoms with Crippen LogP contribution in [-0.4, -0.2) is 46.4 Å². The molecule has 0 atom stereocenters. The van der Waals surface area contributed by atoms with Gasteiger partial charge < -0.3 is 20.1 Å². The van der Waals surface area contributed by atoms with Crippen molar-refractivity contribution in [2.75, 3.05) is 40.5 Å². The van der Waals surface area contributed by atoms with Crippen molar-refractivity contribution in [3.8, 4) is 5.75 Å². The van der Waals surface area contributed by atoms with Gasteiger partial charge in [0.25, 0.3) is 0 Å². The highest BCUT2D eigenvalue weighted by Gasteiger charge is 2.39. The Kier molecular flexibility index (Phi) is 6.36. The Morgan fingerprint density at radius 3 is 2.70 bits per heavy atom. The Morgan fingerprint density at radius 1 is 1.35 bits per heavy atom. The molecule has 2 rings (SSSR count). The van der Waals surface area contributed by atoms with E-state index in [2.05, 4.69) is 10.6 Å². The molecule has 1 fully saturated rings. The van der Waals surface area contributed by atoms with E-state index in [0.29, 0.717) is 19.6 Å². The van der Waals surface area contributed by atoms with E-state index in [1.165, 1.54) is 13.2 Å². The van der Waals surface area contributed by atoms with Gasteiger partial charge in [-0.1, -0.05) is 6.07 Å². The van der Waals surface area contributed by atoms with Crippen LogP contribution in [0.1, 0.15) is 18.4 Å². The third-order valence-corrected chi connectivity index (χ3v) is 4.38. The molecule has 1 amide bonds. The lowest BCUT2D eigenvalue weighted by Crippen LogP contribution is -2.50. The summed E-state index contributed by atoms with van der Waals surface area (Å²) in [6.45, 7) is 2.54. The summed E-state index contributed by atoms with van der Waals surface area (Å²) < 4.78 is 23.8. The summed E-state index contributed by atoms with van der Waals surface area (Å²) in [5, 5.41) is 6.24. The lowest BCUT2D eigenvalue weighted by molar-refractivity contribution is -0.136. The van der Waals surface area contributed by atoms with Gasteiger partial charge in [0.15, 0.2) is 11.6 Å². The van der Waals surface area contributed by atoms with Crippen LogP contribution >= 0.6 is 0 Å². The molecule has 1 aromatic rings. The minimum atomic E-state index is -0.453. The Labute approximate surface area is 136 Å². The zero-order chi connectivity index (χ0) is 16.7. The van der Waals surface area contributed by atoms with Crippen molar-refractivity contribution >= 4 is 5.91 Å². The first-order valence-electron chi connectivity index (χ1n) is 7.92. The van der Waals surface area contributed by atoms with Crippen molar-refractivity contribution < 1.29 is 18.7 Å². The number of hydrogen-bond acceptors (Lipinski definition) is 4. The maximum Gasteiger partial charge on any atom is 0.228 e. The van der Waals surface area contributed by atoms with Gasteiger partial charge in [0.1, 0.15) is 0 Å². The zero-order valence-corrected chi connectivity index (χ0v) is 13.8. The van der Waals surface area contributed by atoms with Gasteiger partial charge in [-0.15, -0.1) is 0 Å². The SMILES string of the molecule is COCC1(C(=O)NCCc2ccc(OC)c(F)c2)CCNCC1. The lowest BCUT2D eigenvalue weighted by Gasteiger charge is -2.35. The van der Waals surface area contributed by atoms with E-state index in [1.54, 1.807) is 13.2 Å². The van der Waals surface area contributed by atoms with Gasteiger partial charge >= 0.3 is 0 Å². The molecule has 0 spiro atoms. The average Bonchev–Trinajstić information content (AvgIpc) is 2.56. The largest absolute Gasteiger partial charge is 0.494 e. The quantitative estimate of drug-likeness (QED) is 0.798. The molecule has 1 aromatic carbocycles. The van der Waals surface area contributed by atoms with Gasteiger partial charge in [-0.3, -0.25) is 4.79 Å². The van der Waals surface area contributed by atoms with Crippen molar-refractivity contribution in [3.63, 3.8) is 0 Å². The zero-order valence-electron chi connectivity index (χ0n) is 13.8. The Balaban J connectivity index is 1.89. The highest BCUT2D eigenvalue weighted by molar-refractivity contribution is 5.83. The molecular formula is C17H25FN2O3. The topological polar surface area (TPSA) is 59.6 Å². The summed E-state index contributed by atoms with van der Waals surface area (Å²) in [4.78, 5) is 12.6. The second kappa shape index (κ2) is 8.26. The lowest BCUT2D eigenvalue weighted by atomic mass is 9.78. The second-order valence-corrected chi connectivity index (χ2v) is 5.94. The van der Waals surface area contributed by atoms with Gasteiger partial charge in [0, 0.05) is 13.7 Å². The highest BCUT2D eigenvalue weighted by Crippen LogP contribution is 2.29.